The lowest BCUT2D eigenvalue weighted by atomic mass is 10.1. The number of amides is 2. The van der Waals surface area contributed by atoms with E-state index in [0.717, 1.165) is 11.4 Å². The molecule has 8 nitrogen and oxygen atoms in total. The first-order chi connectivity index (χ1) is 12.0. The highest BCUT2D eigenvalue weighted by molar-refractivity contribution is 7.15. The Morgan fingerprint density at radius 3 is 2.84 bits per heavy atom. The summed E-state index contributed by atoms with van der Waals surface area (Å²) in [6.07, 6.45) is 0.814. The van der Waals surface area contributed by atoms with Crippen molar-refractivity contribution in [2.24, 2.45) is 5.92 Å². The fourth-order valence-electron chi connectivity index (χ4n) is 2.20. The van der Waals surface area contributed by atoms with Crippen LogP contribution in [-0.2, 0) is 11.2 Å². The minimum absolute atomic E-state index is 0.142. The smallest absolute Gasteiger partial charge is 0.251 e. The van der Waals surface area contributed by atoms with Crippen LogP contribution in [0.15, 0.2) is 18.2 Å². The lowest BCUT2D eigenvalue weighted by molar-refractivity contribution is -0.115. The van der Waals surface area contributed by atoms with Gasteiger partial charge in [0.2, 0.25) is 17.8 Å². The van der Waals surface area contributed by atoms with Crippen molar-refractivity contribution in [1.29, 1.82) is 0 Å². The Hall–Kier alpha value is -2.68. The fraction of sp³-hybridized carbons (Fsp3) is 0.375. The number of ether oxygens (including phenoxy) is 2. The van der Waals surface area contributed by atoms with E-state index in [4.69, 9.17) is 9.47 Å². The van der Waals surface area contributed by atoms with Gasteiger partial charge in [-0.3, -0.25) is 14.9 Å². The fourth-order valence-corrected chi connectivity index (χ4v) is 3.17. The van der Waals surface area contributed by atoms with Gasteiger partial charge in [0.25, 0.3) is 5.91 Å². The minimum Gasteiger partial charge on any atom is -0.454 e. The number of aromatic nitrogens is 2. The van der Waals surface area contributed by atoms with Crippen LogP contribution in [0.1, 0.15) is 29.2 Å². The zero-order valence-electron chi connectivity index (χ0n) is 13.9. The molecule has 0 radical (unpaired) electrons. The largest absolute Gasteiger partial charge is 0.454 e. The highest BCUT2D eigenvalue weighted by atomic mass is 32.1. The molecule has 3 rings (SSSR count). The van der Waals surface area contributed by atoms with Crippen LogP contribution in [0.25, 0.3) is 0 Å². The average molecular weight is 362 g/mol. The summed E-state index contributed by atoms with van der Waals surface area (Å²) in [6.45, 7) is 4.16. The topological polar surface area (TPSA) is 102 Å². The van der Waals surface area contributed by atoms with Gasteiger partial charge < -0.3 is 14.8 Å². The van der Waals surface area contributed by atoms with Crippen LogP contribution < -0.4 is 20.1 Å². The second-order valence-corrected chi connectivity index (χ2v) is 6.96. The number of fused-ring (bicyclic) bond motifs is 1. The first-order valence-corrected chi connectivity index (χ1v) is 8.63. The summed E-state index contributed by atoms with van der Waals surface area (Å²) in [5.41, 5.74) is 0.396. The molecule has 0 saturated heterocycles. The molecule has 1 aromatic carbocycles. The molecular formula is C16H18N4O4S. The Bertz CT molecular complexity index is 790. The van der Waals surface area contributed by atoms with Crippen molar-refractivity contribution in [3.05, 3.63) is 28.8 Å². The minimum atomic E-state index is -0.369. The van der Waals surface area contributed by atoms with Gasteiger partial charge in [-0.25, -0.2) is 0 Å². The maximum atomic E-state index is 12.1. The molecule has 2 heterocycles. The maximum Gasteiger partial charge on any atom is 0.251 e. The highest BCUT2D eigenvalue weighted by Gasteiger charge is 2.17. The molecule has 1 aromatic heterocycles. The molecule has 0 bridgehead atoms. The van der Waals surface area contributed by atoms with Crippen LogP contribution in [0.2, 0.25) is 0 Å². The SMILES string of the molecule is CC(C)Cc1nnc(NC(=O)CNC(=O)c2ccc3c(c2)OCO3)s1. The van der Waals surface area contributed by atoms with E-state index in [1.807, 2.05) is 0 Å². The van der Waals surface area contributed by atoms with Crippen LogP contribution in [0, 0.1) is 5.92 Å². The molecular weight excluding hydrogens is 344 g/mol. The van der Waals surface area contributed by atoms with Crippen molar-refractivity contribution in [2.75, 3.05) is 18.7 Å². The summed E-state index contributed by atoms with van der Waals surface area (Å²) in [4.78, 5) is 24.0. The zero-order chi connectivity index (χ0) is 17.8. The number of nitrogens with one attached hydrogen (secondary N) is 2. The zero-order valence-corrected chi connectivity index (χ0v) is 14.7. The van der Waals surface area contributed by atoms with E-state index in [0.29, 0.717) is 28.1 Å². The van der Waals surface area contributed by atoms with Gasteiger partial charge in [-0.2, -0.15) is 0 Å². The standard InChI is InChI=1S/C16H18N4O4S/c1-9(2)5-14-19-20-16(25-14)18-13(21)7-17-15(22)10-3-4-11-12(6-10)24-8-23-11/h3-4,6,9H,5,7-8H2,1-2H3,(H,17,22)(H,18,20,21). The number of benzene rings is 1. The molecule has 9 heteroatoms. The Labute approximate surface area is 148 Å². The Morgan fingerprint density at radius 2 is 2.04 bits per heavy atom. The van der Waals surface area contributed by atoms with E-state index in [1.165, 1.54) is 11.3 Å². The quantitative estimate of drug-likeness (QED) is 0.813. The molecule has 132 valence electrons. The molecule has 2 aromatic rings. The van der Waals surface area contributed by atoms with E-state index < -0.39 is 0 Å². The van der Waals surface area contributed by atoms with Gasteiger partial charge in [0.05, 0.1) is 6.54 Å². The molecule has 2 amide bonds. The number of hydrogen-bond acceptors (Lipinski definition) is 7. The number of anilines is 1. The van der Waals surface area contributed by atoms with Gasteiger partial charge in [0, 0.05) is 12.0 Å². The predicted molar refractivity (Wildman–Crippen MR) is 92.0 cm³/mol. The first-order valence-electron chi connectivity index (χ1n) is 7.81. The van der Waals surface area contributed by atoms with E-state index in [1.54, 1.807) is 18.2 Å². The molecule has 0 saturated carbocycles. The van der Waals surface area contributed by atoms with E-state index >= 15 is 0 Å². The number of hydrogen-bond donors (Lipinski definition) is 2. The first kappa shape index (κ1) is 17.2. The van der Waals surface area contributed by atoms with E-state index in [2.05, 4.69) is 34.7 Å². The summed E-state index contributed by atoms with van der Waals surface area (Å²) in [5, 5.41) is 14.4. The Balaban J connectivity index is 1.50. The summed E-state index contributed by atoms with van der Waals surface area (Å²) < 4.78 is 10.4. The predicted octanol–water partition coefficient (Wildman–Crippen LogP) is 1.83. The molecule has 0 spiro atoms. The highest BCUT2D eigenvalue weighted by Crippen LogP contribution is 2.32. The van der Waals surface area contributed by atoms with Crippen LogP contribution in [0.3, 0.4) is 0 Å². The number of carbonyl (C=O) groups is 2. The molecule has 0 unspecified atom stereocenters. The van der Waals surface area contributed by atoms with Crippen molar-refractivity contribution in [1.82, 2.24) is 15.5 Å². The van der Waals surface area contributed by atoms with Crippen LogP contribution in [0.4, 0.5) is 5.13 Å². The maximum absolute atomic E-state index is 12.1. The van der Waals surface area contributed by atoms with Gasteiger partial charge in [-0.05, 0) is 24.1 Å². The summed E-state index contributed by atoms with van der Waals surface area (Å²) in [5.74, 6) is 0.858. The number of rotatable bonds is 6. The third kappa shape index (κ3) is 4.44. The number of carbonyl (C=O) groups excluding carboxylic acids is 2. The van der Waals surface area contributed by atoms with E-state index in [9.17, 15) is 9.59 Å². The van der Waals surface area contributed by atoms with Crippen molar-refractivity contribution in [2.45, 2.75) is 20.3 Å². The second kappa shape index (κ2) is 7.47. The second-order valence-electron chi connectivity index (χ2n) is 5.90. The molecule has 1 aliphatic heterocycles. The van der Waals surface area contributed by atoms with Gasteiger partial charge in [-0.1, -0.05) is 25.2 Å². The lowest BCUT2D eigenvalue weighted by Gasteiger charge is -2.05. The van der Waals surface area contributed by atoms with Gasteiger partial charge in [0.1, 0.15) is 5.01 Å². The van der Waals surface area contributed by atoms with Gasteiger partial charge in [0.15, 0.2) is 11.5 Å². The van der Waals surface area contributed by atoms with Gasteiger partial charge >= 0.3 is 0 Å². The van der Waals surface area contributed by atoms with Crippen molar-refractivity contribution in [3.8, 4) is 11.5 Å². The van der Waals surface area contributed by atoms with E-state index in [-0.39, 0.29) is 25.2 Å². The average Bonchev–Trinajstić information content (AvgIpc) is 3.20. The summed E-state index contributed by atoms with van der Waals surface area (Å²) in [6, 6.07) is 4.86. The summed E-state index contributed by atoms with van der Waals surface area (Å²) >= 11 is 1.34. The van der Waals surface area contributed by atoms with Crippen molar-refractivity contribution >= 4 is 28.3 Å². The molecule has 2 N–H and O–H groups in total. The van der Waals surface area contributed by atoms with Crippen molar-refractivity contribution < 1.29 is 19.1 Å². The third-order valence-electron chi connectivity index (χ3n) is 3.34. The normalized spacial score (nSPS) is 12.3. The van der Waals surface area contributed by atoms with Gasteiger partial charge in [-0.15, -0.1) is 10.2 Å². The molecule has 0 fully saturated rings. The Kier molecular flexibility index (Phi) is 5.13. The lowest BCUT2D eigenvalue weighted by Crippen LogP contribution is -2.32. The molecule has 1 aliphatic rings. The van der Waals surface area contributed by atoms with Crippen LogP contribution in [-0.4, -0.2) is 35.3 Å². The molecule has 0 atom stereocenters. The summed E-state index contributed by atoms with van der Waals surface area (Å²) in [7, 11) is 0. The Morgan fingerprint density at radius 1 is 1.24 bits per heavy atom. The molecule has 25 heavy (non-hydrogen) atoms. The third-order valence-corrected chi connectivity index (χ3v) is 4.20. The molecule has 0 aliphatic carbocycles. The number of nitrogens with zero attached hydrogens (tertiary/aromatic N) is 2. The van der Waals surface area contributed by atoms with Crippen molar-refractivity contribution in [3.63, 3.8) is 0 Å². The van der Waals surface area contributed by atoms with Crippen LogP contribution >= 0.6 is 11.3 Å². The monoisotopic (exact) mass is 362 g/mol. The van der Waals surface area contributed by atoms with Crippen LogP contribution in [0.5, 0.6) is 11.5 Å².